The summed E-state index contributed by atoms with van der Waals surface area (Å²) >= 11 is 3.77. The number of piperidine rings is 1. The lowest BCUT2D eigenvalue weighted by molar-refractivity contribution is -0.918. The van der Waals surface area contributed by atoms with Crippen molar-refractivity contribution in [1.29, 1.82) is 0 Å². The van der Waals surface area contributed by atoms with Crippen LogP contribution < -0.4 is 0 Å². The molecule has 1 aliphatic rings. The first-order valence-electron chi connectivity index (χ1n) is 12.1. The maximum Gasteiger partial charge on any atom is 0.311 e. The number of ether oxygens (including phenoxy) is 2. The predicted molar refractivity (Wildman–Crippen MR) is 144 cm³/mol. The van der Waals surface area contributed by atoms with Crippen LogP contribution in [0.2, 0.25) is 0 Å². The van der Waals surface area contributed by atoms with Crippen molar-refractivity contribution in [2.75, 3.05) is 52.8 Å². The van der Waals surface area contributed by atoms with E-state index < -0.39 is 26.0 Å². The van der Waals surface area contributed by atoms with E-state index in [0.29, 0.717) is 19.3 Å². The van der Waals surface area contributed by atoms with E-state index in [9.17, 15) is 16.8 Å². The van der Waals surface area contributed by atoms with Crippen LogP contribution in [-0.4, -0.2) is 95.2 Å². The number of halogens is 1. The van der Waals surface area contributed by atoms with Gasteiger partial charge in [-0.3, -0.25) is 0 Å². The fourth-order valence-corrected chi connectivity index (χ4v) is 7.34. The summed E-state index contributed by atoms with van der Waals surface area (Å²) in [6.45, 7) is 12.6. The van der Waals surface area contributed by atoms with Gasteiger partial charge in [-0.2, -0.15) is 16.8 Å². The van der Waals surface area contributed by atoms with Crippen molar-refractivity contribution in [1.82, 2.24) is 3.93 Å². The standard InChI is InChI=1S/C24H42BrN2O7S2/c1-20-8-10-22(11-9-20)36(30,31)34-35(28,29)17-16-33-15-14-32-13-12-27(6,7)21-18-23(2,3)26(25)24(4,5)19-21/h8-11,21H,12-19H2,1-7H3/q+1. The monoisotopic (exact) mass is 613 g/mol. The Morgan fingerprint density at radius 1 is 0.917 bits per heavy atom. The summed E-state index contributed by atoms with van der Waals surface area (Å²) in [5, 5.41) is 0. The number of hydrogen-bond acceptors (Lipinski definition) is 8. The third kappa shape index (κ3) is 9.00. The molecule has 1 saturated heterocycles. The Bertz CT molecular complexity index is 1050. The van der Waals surface area contributed by atoms with Crippen molar-refractivity contribution >= 4 is 36.4 Å². The van der Waals surface area contributed by atoms with Gasteiger partial charge < -0.3 is 14.0 Å². The molecule has 0 aliphatic carbocycles. The van der Waals surface area contributed by atoms with Gasteiger partial charge in [0.25, 0.3) is 10.1 Å². The summed E-state index contributed by atoms with van der Waals surface area (Å²) in [4.78, 5) is -0.211. The van der Waals surface area contributed by atoms with E-state index in [1.54, 1.807) is 19.1 Å². The van der Waals surface area contributed by atoms with Gasteiger partial charge in [-0.15, -0.1) is 3.63 Å². The van der Waals surface area contributed by atoms with Gasteiger partial charge in [0.2, 0.25) is 0 Å². The van der Waals surface area contributed by atoms with Crippen molar-refractivity contribution in [3.8, 4) is 0 Å². The van der Waals surface area contributed by atoms with E-state index in [2.05, 4.69) is 65.5 Å². The Hall–Kier alpha value is -0.600. The smallest absolute Gasteiger partial charge is 0.311 e. The SMILES string of the molecule is Cc1ccc(S(=O)(=O)OS(=O)(=O)CCOCCOCC[N+](C)(C)C2CC(C)(C)N(Br)C(C)(C)C2)cc1. The molecule has 2 rings (SSSR count). The minimum absolute atomic E-state index is 0.0418. The molecule has 1 aromatic carbocycles. The third-order valence-electron chi connectivity index (χ3n) is 6.69. The van der Waals surface area contributed by atoms with E-state index in [4.69, 9.17) is 9.47 Å². The number of hydrogen-bond donors (Lipinski definition) is 0. The summed E-state index contributed by atoms with van der Waals surface area (Å²) in [6.07, 6.45) is 2.13. The van der Waals surface area contributed by atoms with Crippen LogP contribution >= 0.6 is 16.1 Å². The second kappa shape index (κ2) is 12.1. The van der Waals surface area contributed by atoms with Gasteiger partial charge in [0.05, 0.1) is 51.5 Å². The average Bonchev–Trinajstić information content (AvgIpc) is 2.73. The lowest BCUT2D eigenvalue weighted by Crippen LogP contribution is -2.64. The molecular weight excluding hydrogens is 572 g/mol. The zero-order valence-corrected chi connectivity index (χ0v) is 25.7. The highest BCUT2D eigenvalue weighted by atomic mass is 79.9. The fraction of sp³-hybridized carbons (Fsp3) is 0.750. The first-order valence-corrected chi connectivity index (χ1v) is 15.8. The Morgan fingerprint density at radius 2 is 1.42 bits per heavy atom. The van der Waals surface area contributed by atoms with Crippen molar-refractivity contribution in [3.63, 3.8) is 0 Å². The van der Waals surface area contributed by atoms with Gasteiger partial charge in [0.1, 0.15) is 12.3 Å². The lowest BCUT2D eigenvalue weighted by atomic mass is 9.78. The Kier molecular flexibility index (Phi) is 10.6. The molecule has 0 N–H and O–H groups in total. The Labute approximate surface area is 226 Å². The zero-order valence-electron chi connectivity index (χ0n) is 22.5. The van der Waals surface area contributed by atoms with E-state index >= 15 is 0 Å². The molecule has 208 valence electrons. The topological polar surface area (TPSA) is 99.2 Å². The van der Waals surface area contributed by atoms with Crippen LogP contribution in [0.15, 0.2) is 29.2 Å². The Balaban J connectivity index is 1.69. The van der Waals surface area contributed by atoms with Crippen molar-refractivity contribution in [2.24, 2.45) is 0 Å². The molecule has 1 fully saturated rings. The molecule has 0 amide bonds. The highest BCUT2D eigenvalue weighted by Crippen LogP contribution is 2.43. The van der Waals surface area contributed by atoms with Crippen LogP contribution in [0.5, 0.6) is 0 Å². The minimum atomic E-state index is -4.41. The molecule has 9 nitrogen and oxygen atoms in total. The van der Waals surface area contributed by atoms with E-state index in [1.807, 2.05) is 0 Å². The maximum atomic E-state index is 12.2. The predicted octanol–water partition coefficient (Wildman–Crippen LogP) is 3.47. The quantitative estimate of drug-likeness (QED) is 0.189. The van der Waals surface area contributed by atoms with Gasteiger partial charge in [-0.25, -0.2) is 3.93 Å². The lowest BCUT2D eigenvalue weighted by Gasteiger charge is -2.55. The summed E-state index contributed by atoms with van der Waals surface area (Å²) in [5.41, 5.74) is 0.933. The molecule has 0 spiro atoms. The van der Waals surface area contributed by atoms with Crippen LogP contribution in [0.4, 0.5) is 0 Å². The second-order valence-corrected chi connectivity index (χ2v) is 15.4. The molecule has 0 saturated carbocycles. The molecule has 0 radical (unpaired) electrons. The van der Waals surface area contributed by atoms with Crippen LogP contribution in [0.3, 0.4) is 0 Å². The largest absolute Gasteiger partial charge is 0.378 e. The van der Waals surface area contributed by atoms with Crippen molar-refractivity contribution < 1.29 is 34.4 Å². The number of nitrogens with zero attached hydrogens (tertiary/aromatic N) is 2. The van der Waals surface area contributed by atoms with E-state index in [-0.39, 0.29) is 29.2 Å². The molecule has 1 aromatic rings. The van der Waals surface area contributed by atoms with E-state index in [0.717, 1.165) is 29.4 Å². The first-order chi connectivity index (χ1) is 16.4. The number of rotatable bonds is 13. The van der Waals surface area contributed by atoms with Crippen LogP contribution in [0.1, 0.15) is 46.1 Å². The summed E-state index contributed by atoms with van der Waals surface area (Å²) in [7, 11) is -4.25. The van der Waals surface area contributed by atoms with Crippen molar-refractivity contribution in [2.45, 2.75) is 69.5 Å². The van der Waals surface area contributed by atoms with Gasteiger partial charge in [-0.05, 0) is 46.8 Å². The molecular formula is C24H42BrN2O7S2+. The molecule has 0 bridgehead atoms. The highest BCUT2D eigenvalue weighted by Gasteiger charge is 2.49. The molecule has 1 heterocycles. The maximum absolute atomic E-state index is 12.2. The summed E-state index contributed by atoms with van der Waals surface area (Å²) in [5.74, 6) is -0.570. The third-order valence-corrected chi connectivity index (χ3v) is 11.7. The summed E-state index contributed by atoms with van der Waals surface area (Å²) < 4.78 is 67.2. The molecule has 36 heavy (non-hydrogen) atoms. The Morgan fingerprint density at radius 3 is 1.94 bits per heavy atom. The minimum Gasteiger partial charge on any atom is -0.378 e. The molecule has 0 unspecified atom stereocenters. The van der Waals surface area contributed by atoms with Gasteiger partial charge in [0, 0.05) is 40.1 Å². The zero-order chi connectivity index (χ0) is 27.4. The van der Waals surface area contributed by atoms with Crippen LogP contribution in [0.25, 0.3) is 0 Å². The highest BCUT2D eigenvalue weighted by molar-refractivity contribution is 9.07. The second-order valence-electron chi connectivity index (χ2n) is 11.3. The number of likely N-dealkylation sites (N-methyl/N-ethyl adjacent to an activating group) is 1. The molecule has 0 aromatic heterocycles. The molecule has 1 aliphatic heterocycles. The molecule has 12 heteroatoms. The number of quaternary nitrogens is 1. The first kappa shape index (κ1) is 31.6. The van der Waals surface area contributed by atoms with Crippen LogP contribution in [-0.2, 0) is 33.3 Å². The average molecular weight is 615 g/mol. The van der Waals surface area contributed by atoms with E-state index in [1.165, 1.54) is 12.1 Å². The number of aryl methyl sites for hydroxylation is 1. The normalized spacial score (nSPS) is 19.4. The molecule has 0 atom stereocenters. The van der Waals surface area contributed by atoms with Crippen LogP contribution in [0, 0.1) is 6.92 Å². The number of benzene rings is 1. The fourth-order valence-electron chi connectivity index (χ4n) is 4.58. The van der Waals surface area contributed by atoms with Crippen molar-refractivity contribution in [3.05, 3.63) is 29.8 Å². The summed E-state index contributed by atoms with van der Waals surface area (Å²) in [6, 6.07) is 6.24. The van der Waals surface area contributed by atoms with Gasteiger partial charge in [0.15, 0.2) is 0 Å². The van der Waals surface area contributed by atoms with Gasteiger partial charge >= 0.3 is 10.1 Å². The van der Waals surface area contributed by atoms with Gasteiger partial charge in [-0.1, -0.05) is 17.7 Å².